The molecule has 4 heteroatoms. The van der Waals surface area contributed by atoms with Crippen molar-refractivity contribution in [2.45, 2.75) is 40.2 Å². The Kier molecular flexibility index (Phi) is 4.52. The summed E-state index contributed by atoms with van der Waals surface area (Å²) in [6, 6.07) is 0.420. The molecule has 2 N–H and O–H groups in total. The van der Waals surface area contributed by atoms with Crippen LogP contribution in [-0.4, -0.2) is 23.1 Å². The lowest BCUT2D eigenvalue weighted by molar-refractivity contribution is 0.493. The zero-order valence-electron chi connectivity index (χ0n) is 10.8. The molecule has 1 aromatic heterocycles. The first-order chi connectivity index (χ1) is 7.60. The van der Waals surface area contributed by atoms with Gasteiger partial charge in [0, 0.05) is 18.7 Å². The Bertz CT molecular complexity index is 338. The molecule has 0 aromatic carbocycles. The number of nitrogens with one attached hydrogen (secondary N) is 2. The zero-order valence-corrected chi connectivity index (χ0v) is 10.8. The van der Waals surface area contributed by atoms with Crippen molar-refractivity contribution >= 4 is 11.6 Å². The fraction of sp³-hybridized carbons (Fsp3) is 0.667. The highest BCUT2D eigenvalue weighted by atomic mass is 15.1. The predicted octanol–water partition coefficient (Wildman–Crippen LogP) is 2.67. The lowest BCUT2D eigenvalue weighted by atomic mass is 10.0. The van der Waals surface area contributed by atoms with Crippen molar-refractivity contribution < 1.29 is 0 Å². The van der Waals surface area contributed by atoms with Gasteiger partial charge in [-0.3, -0.25) is 0 Å². The van der Waals surface area contributed by atoms with Gasteiger partial charge in [0.2, 0.25) is 0 Å². The van der Waals surface area contributed by atoms with E-state index in [2.05, 4.69) is 41.4 Å². The highest BCUT2D eigenvalue weighted by molar-refractivity contribution is 5.56. The largest absolute Gasteiger partial charge is 0.373 e. The molecule has 0 saturated carbocycles. The predicted molar refractivity (Wildman–Crippen MR) is 68.9 cm³/mol. The Morgan fingerprint density at radius 2 is 1.88 bits per heavy atom. The van der Waals surface area contributed by atoms with Crippen molar-refractivity contribution in [3.63, 3.8) is 0 Å². The average molecular weight is 222 g/mol. The molecule has 1 heterocycles. The summed E-state index contributed by atoms with van der Waals surface area (Å²) in [4.78, 5) is 8.45. The molecule has 0 bridgehead atoms. The van der Waals surface area contributed by atoms with E-state index in [-0.39, 0.29) is 0 Å². The molecular weight excluding hydrogens is 200 g/mol. The van der Waals surface area contributed by atoms with Crippen molar-refractivity contribution in [3.8, 4) is 0 Å². The van der Waals surface area contributed by atoms with Crippen molar-refractivity contribution in [2.75, 3.05) is 17.7 Å². The third kappa shape index (κ3) is 2.84. The fourth-order valence-electron chi connectivity index (χ4n) is 1.56. The van der Waals surface area contributed by atoms with Crippen LogP contribution in [0.25, 0.3) is 0 Å². The SMILES string of the molecule is CCC(C)C(C)Nc1ncnc(NC)c1C. The number of hydrogen-bond donors (Lipinski definition) is 2. The maximum Gasteiger partial charge on any atom is 0.134 e. The van der Waals surface area contributed by atoms with Crippen molar-refractivity contribution in [1.82, 2.24) is 9.97 Å². The molecule has 0 aliphatic heterocycles. The lowest BCUT2D eigenvalue weighted by Crippen LogP contribution is -2.24. The minimum atomic E-state index is 0.420. The quantitative estimate of drug-likeness (QED) is 0.804. The summed E-state index contributed by atoms with van der Waals surface area (Å²) >= 11 is 0. The van der Waals surface area contributed by atoms with E-state index in [0.717, 1.165) is 23.6 Å². The molecule has 0 radical (unpaired) electrons. The van der Waals surface area contributed by atoms with Gasteiger partial charge in [0.05, 0.1) is 0 Å². The van der Waals surface area contributed by atoms with Gasteiger partial charge in [0.15, 0.2) is 0 Å². The standard InChI is InChI=1S/C12H22N4/c1-6-8(2)10(4)16-12-9(3)11(13-5)14-7-15-12/h7-8,10H,6H2,1-5H3,(H2,13,14,15,16). The Morgan fingerprint density at radius 1 is 1.25 bits per heavy atom. The van der Waals surface area contributed by atoms with Gasteiger partial charge in [-0.05, 0) is 19.8 Å². The van der Waals surface area contributed by atoms with E-state index in [0.29, 0.717) is 12.0 Å². The number of hydrogen-bond acceptors (Lipinski definition) is 4. The molecule has 2 atom stereocenters. The van der Waals surface area contributed by atoms with Crippen LogP contribution in [0.2, 0.25) is 0 Å². The molecule has 4 nitrogen and oxygen atoms in total. The van der Waals surface area contributed by atoms with Crippen LogP contribution in [0.5, 0.6) is 0 Å². The third-order valence-corrected chi connectivity index (χ3v) is 3.18. The molecule has 2 unspecified atom stereocenters. The van der Waals surface area contributed by atoms with Gasteiger partial charge in [-0.1, -0.05) is 20.3 Å². The van der Waals surface area contributed by atoms with Crippen LogP contribution in [0.4, 0.5) is 11.6 Å². The van der Waals surface area contributed by atoms with E-state index in [4.69, 9.17) is 0 Å². The van der Waals surface area contributed by atoms with Gasteiger partial charge in [0.1, 0.15) is 18.0 Å². The summed E-state index contributed by atoms with van der Waals surface area (Å²) in [7, 11) is 1.87. The van der Waals surface area contributed by atoms with E-state index in [1.807, 2.05) is 14.0 Å². The molecule has 0 amide bonds. The number of aromatic nitrogens is 2. The average Bonchev–Trinajstić information content (AvgIpc) is 2.30. The summed E-state index contributed by atoms with van der Waals surface area (Å²) in [6.07, 6.45) is 2.75. The first-order valence-corrected chi connectivity index (χ1v) is 5.86. The minimum Gasteiger partial charge on any atom is -0.373 e. The van der Waals surface area contributed by atoms with Crippen molar-refractivity contribution in [1.29, 1.82) is 0 Å². The molecule has 1 aromatic rings. The van der Waals surface area contributed by atoms with E-state index >= 15 is 0 Å². The Balaban J connectivity index is 2.81. The van der Waals surface area contributed by atoms with Crippen LogP contribution >= 0.6 is 0 Å². The van der Waals surface area contributed by atoms with Gasteiger partial charge in [0.25, 0.3) is 0 Å². The Morgan fingerprint density at radius 3 is 2.44 bits per heavy atom. The van der Waals surface area contributed by atoms with Crippen molar-refractivity contribution in [2.24, 2.45) is 5.92 Å². The van der Waals surface area contributed by atoms with Gasteiger partial charge < -0.3 is 10.6 Å². The molecule has 0 saturated heterocycles. The molecule has 16 heavy (non-hydrogen) atoms. The summed E-state index contributed by atoms with van der Waals surface area (Å²) in [5.74, 6) is 2.44. The van der Waals surface area contributed by atoms with Crippen LogP contribution in [0, 0.1) is 12.8 Å². The smallest absolute Gasteiger partial charge is 0.134 e. The number of nitrogens with zero attached hydrogens (tertiary/aromatic N) is 2. The molecule has 0 aliphatic carbocycles. The normalized spacial score (nSPS) is 14.3. The van der Waals surface area contributed by atoms with E-state index in [1.54, 1.807) is 6.33 Å². The third-order valence-electron chi connectivity index (χ3n) is 3.18. The van der Waals surface area contributed by atoms with Gasteiger partial charge >= 0.3 is 0 Å². The first-order valence-electron chi connectivity index (χ1n) is 5.86. The van der Waals surface area contributed by atoms with Crippen LogP contribution in [0.3, 0.4) is 0 Å². The summed E-state index contributed by atoms with van der Waals surface area (Å²) in [5.41, 5.74) is 1.07. The number of rotatable bonds is 5. The number of anilines is 2. The van der Waals surface area contributed by atoms with E-state index < -0.39 is 0 Å². The van der Waals surface area contributed by atoms with Gasteiger partial charge in [-0.25, -0.2) is 9.97 Å². The van der Waals surface area contributed by atoms with Gasteiger partial charge in [-0.2, -0.15) is 0 Å². The maximum absolute atomic E-state index is 4.28. The maximum atomic E-state index is 4.28. The minimum absolute atomic E-state index is 0.420. The summed E-state index contributed by atoms with van der Waals surface area (Å²) in [6.45, 7) is 8.66. The summed E-state index contributed by atoms with van der Waals surface area (Å²) < 4.78 is 0. The summed E-state index contributed by atoms with van der Waals surface area (Å²) in [5, 5.41) is 6.51. The molecule has 0 aliphatic rings. The second kappa shape index (κ2) is 5.68. The monoisotopic (exact) mass is 222 g/mol. The molecule has 0 fully saturated rings. The van der Waals surface area contributed by atoms with E-state index in [1.165, 1.54) is 0 Å². The van der Waals surface area contributed by atoms with Crippen LogP contribution in [0.15, 0.2) is 6.33 Å². The molecular formula is C12H22N4. The van der Waals surface area contributed by atoms with E-state index in [9.17, 15) is 0 Å². The Hall–Kier alpha value is -1.32. The topological polar surface area (TPSA) is 49.8 Å². The Labute approximate surface area is 97.9 Å². The first kappa shape index (κ1) is 12.7. The second-order valence-corrected chi connectivity index (χ2v) is 4.26. The highest BCUT2D eigenvalue weighted by Crippen LogP contribution is 2.20. The molecule has 0 spiro atoms. The zero-order chi connectivity index (χ0) is 12.1. The van der Waals surface area contributed by atoms with Crippen LogP contribution in [-0.2, 0) is 0 Å². The van der Waals surface area contributed by atoms with Gasteiger partial charge in [-0.15, -0.1) is 0 Å². The fourth-order valence-corrected chi connectivity index (χ4v) is 1.56. The van der Waals surface area contributed by atoms with Crippen molar-refractivity contribution in [3.05, 3.63) is 11.9 Å². The highest BCUT2D eigenvalue weighted by Gasteiger charge is 2.13. The molecule has 1 rings (SSSR count). The molecule has 90 valence electrons. The van der Waals surface area contributed by atoms with Crippen LogP contribution < -0.4 is 10.6 Å². The lowest BCUT2D eigenvalue weighted by Gasteiger charge is -2.21. The second-order valence-electron chi connectivity index (χ2n) is 4.26. The van der Waals surface area contributed by atoms with Crippen LogP contribution in [0.1, 0.15) is 32.8 Å².